The van der Waals surface area contributed by atoms with Crippen molar-refractivity contribution in [3.8, 4) is 5.75 Å². The van der Waals surface area contributed by atoms with Gasteiger partial charge in [-0.05, 0) is 12.0 Å². The summed E-state index contributed by atoms with van der Waals surface area (Å²) >= 11 is 0. The Balaban J connectivity index is 2.46. The zero-order valence-electron chi connectivity index (χ0n) is 10.6. The molecule has 1 N–H and O–H groups in total. The minimum Gasteiger partial charge on any atom is -0.494 e. The molecule has 1 aromatic carbocycles. The Morgan fingerprint density at radius 1 is 1.35 bits per heavy atom. The van der Waals surface area contributed by atoms with Crippen LogP contribution in [-0.2, 0) is 11.3 Å². The molecule has 0 amide bonds. The number of hydrogen-bond donors (Lipinski definition) is 1. The first kappa shape index (κ1) is 13.9. The standard InChI is InChI=1S/C13H20FNO2/c1-10(9-16-2)7-15-8-11-5-4-6-12(17-3)13(11)14/h4-6,10,15H,7-9H2,1-3H3. The Morgan fingerprint density at radius 3 is 2.76 bits per heavy atom. The van der Waals surface area contributed by atoms with Crippen LogP contribution in [0.15, 0.2) is 18.2 Å². The summed E-state index contributed by atoms with van der Waals surface area (Å²) in [4.78, 5) is 0. The zero-order valence-corrected chi connectivity index (χ0v) is 10.6. The van der Waals surface area contributed by atoms with Crippen molar-refractivity contribution < 1.29 is 13.9 Å². The quantitative estimate of drug-likeness (QED) is 0.794. The van der Waals surface area contributed by atoms with Gasteiger partial charge in [0.05, 0.1) is 7.11 Å². The lowest BCUT2D eigenvalue weighted by Crippen LogP contribution is -2.23. The Kier molecular flexibility index (Phi) is 5.94. The lowest BCUT2D eigenvalue weighted by Gasteiger charge is -2.12. The van der Waals surface area contributed by atoms with Crippen molar-refractivity contribution in [3.05, 3.63) is 29.6 Å². The van der Waals surface area contributed by atoms with E-state index in [1.54, 1.807) is 25.3 Å². The third-order valence-corrected chi connectivity index (χ3v) is 2.52. The van der Waals surface area contributed by atoms with Crippen LogP contribution < -0.4 is 10.1 Å². The second-order valence-corrected chi connectivity index (χ2v) is 4.12. The Bertz CT molecular complexity index is 344. The van der Waals surface area contributed by atoms with E-state index in [9.17, 15) is 4.39 Å². The normalized spacial score (nSPS) is 12.5. The largest absolute Gasteiger partial charge is 0.494 e. The Hall–Kier alpha value is -1.13. The van der Waals surface area contributed by atoms with E-state index in [-0.39, 0.29) is 11.6 Å². The topological polar surface area (TPSA) is 30.5 Å². The van der Waals surface area contributed by atoms with Gasteiger partial charge in [0, 0.05) is 32.4 Å². The van der Waals surface area contributed by atoms with Crippen molar-refractivity contribution >= 4 is 0 Å². The van der Waals surface area contributed by atoms with E-state index in [2.05, 4.69) is 12.2 Å². The molecule has 1 rings (SSSR count). The first-order valence-electron chi connectivity index (χ1n) is 5.70. The summed E-state index contributed by atoms with van der Waals surface area (Å²) in [5, 5.41) is 3.20. The molecule has 0 spiro atoms. The fourth-order valence-corrected chi connectivity index (χ4v) is 1.65. The van der Waals surface area contributed by atoms with Gasteiger partial charge in [-0.1, -0.05) is 19.1 Å². The van der Waals surface area contributed by atoms with Crippen LogP contribution in [0, 0.1) is 11.7 Å². The molecule has 0 aliphatic rings. The van der Waals surface area contributed by atoms with Crippen LogP contribution in [0.4, 0.5) is 4.39 Å². The maximum atomic E-state index is 13.8. The summed E-state index contributed by atoms with van der Waals surface area (Å²) in [5.74, 6) is 0.407. The number of rotatable bonds is 7. The summed E-state index contributed by atoms with van der Waals surface area (Å²) in [6, 6.07) is 5.16. The van der Waals surface area contributed by atoms with Gasteiger partial charge in [0.2, 0.25) is 0 Å². The summed E-state index contributed by atoms with van der Waals surface area (Å²) in [6.45, 7) is 4.08. The Labute approximate surface area is 102 Å². The van der Waals surface area contributed by atoms with E-state index in [0.29, 0.717) is 24.6 Å². The molecule has 0 fully saturated rings. The maximum Gasteiger partial charge on any atom is 0.169 e. The molecule has 0 aromatic heterocycles. The van der Waals surface area contributed by atoms with Gasteiger partial charge in [0.25, 0.3) is 0 Å². The first-order valence-corrected chi connectivity index (χ1v) is 5.70. The second kappa shape index (κ2) is 7.25. The molecule has 4 heteroatoms. The van der Waals surface area contributed by atoms with Crippen molar-refractivity contribution in [2.24, 2.45) is 5.92 Å². The van der Waals surface area contributed by atoms with Crippen molar-refractivity contribution in [2.75, 3.05) is 27.4 Å². The van der Waals surface area contributed by atoms with Crippen LogP contribution in [0.5, 0.6) is 5.75 Å². The lowest BCUT2D eigenvalue weighted by molar-refractivity contribution is 0.158. The van der Waals surface area contributed by atoms with Crippen LogP contribution >= 0.6 is 0 Å². The average Bonchev–Trinajstić information content (AvgIpc) is 2.32. The number of ether oxygens (including phenoxy) is 2. The highest BCUT2D eigenvalue weighted by atomic mass is 19.1. The Morgan fingerprint density at radius 2 is 2.12 bits per heavy atom. The van der Waals surface area contributed by atoms with Crippen LogP contribution in [-0.4, -0.2) is 27.4 Å². The molecule has 0 aliphatic carbocycles. The fourth-order valence-electron chi connectivity index (χ4n) is 1.65. The van der Waals surface area contributed by atoms with Gasteiger partial charge in [-0.2, -0.15) is 0 Å². The molecule has 0 heterocycles. The summed E-state index contributed by atoms with van der Waals surface area (Å²) < 4.78 is 23.7. The molecule has 1 aromatic rings. The van der Waals surface area contributed by atoms with Gasteiger partial charge >= 0.3 is 0 Å². The monoisotopic (exact) mass is 241 g/mol. The van der Waals surface area contributed by atoms with E-state index in [0.717, 1.165) is 6.54 Å². The van der Waals surface area contributed by atoms with Crippen molar-refractivity contribution in [3.63, 3.8) is 0 Å². The van der Waals surface area contributed by atoms with Crippen LogP contribution in [0.25, 0.3) is 0 Å². The van der Waals surface area contributed by atoms with E-state index in [1.165, 1.54) is 7.11 Å². The maximum absolute atomic E-state index is 13.8. The first-order chi connectivity index (χ1) is 8.19. The molecule has 0 saturated heterocycles. The predicted molar refractivity (Wildman–Crippen MR) is 65.7 cm³/mol. The van der Waals surface area contributed by atoms with Crippen LogP contribution in [0.2, 0.25) is 0 Å². The van der Waals surface area contributed by atoms with Gasteiger partial charge in [-0.25, -0.2) is 4.39 Å². The van der Waals surface area contributed by atoms with E-state index in [1.807, 2.05) is 0 Å². The number of hydrogen-bond acceptors (Lipinski definition) is 3. The van der Waals surface area contributed by atoms with Crippen LogP contribution in [0.1, 0.15) is 12.5 Å². The zero-order chi connectivity index (χ0) is 12.7. The van der Waals surface area contributed by atoms with Gasteiger partial charge in [0.15, 0.2) is 11.6 Å². The van der Waals surface area contributed by atoms with Crippen molar-refractivity contribution in [2.45, 2.75) is 13.5 Å². The molecule has 1 unspecified atom stereocenters. The van der Waals surface area contributed by atoms with Gasteiger partial charge in [-0.3, -0.25) is 0 Å². The summed E-state index contributed by atoms with van der Waals surface area (Å²) in [5.41, 5.74) is 0.619. The minimum absolute atomic E-state index is 0.286. The van der Waals surface area contributed by atoms with E-state index < -0.39 is 0 Å². The molecule has 1 atom stereocenters. The molecular weight excluding hydrogens is 221 g/mol. The highest BCUT2D eigenvalue weighted by Crippen LogP contribution is 2.19. The number of halogens is 1. The lowest BCUT2D eigenvalue weighted by atomic mass is 10.1. The minimum atomic E-state index is -0.290. The SMILES string of the molecule is COCC(C)CNCc1cccc(OC)c1F. The van der Waals surface area contributed by atoms with Gasteiger partial charge in [-0.15, -0.1) is 0 Å². The fraction of sp³-hybridized carbons (Fsp3) is 0.538. The molecule has 96 valence electrons. The summed E-state index contributed by atoms with van der Waals surface area (Å²) in [7, 11) is 3.15. The highest BCUT2D eigenvalue weighted by molar-refractivity contribution is 5.30. The van der Waals surface area contributed by atoms with E-state index in [4.69, 9.17) is 9.47 Å². The predicted octanol–water partition coefficient (Wildman–Crippen LogP) is 2.21. The van der Waals surface area contributed by atoms with Crippen molar-refractivity contribution in [1.29, 1.82) is 0 Å². The third kappa shape index (κ3) is 4.32. The molecule has 0 bridgehead atoms. The average molecular weight is 241 g/mol. The molecule has 0 aliphatic heterocycles. The summed E-state index contributed by atoms with van der Waals surface area (Å²) in [6.07, 6.45) is 0. The van der Waals surface area contributed by atoms with E-state index >= 15 is 0 Å². The van der Waals surface area contributed by atoms with Crippen LogP contribution in [0.3, 0.4) is 0 Å². The number of nitrogens with one attached hydrogen (secondary N) is 1. The highest BCUT2D eigenvalue weighted by Gasteiger charge is 2.08. The van der Waals surface area contributed by atoms with Gasteiger partial charge < -0.3 is 14.8 Å². The van der Waals surface area contributed by atoms with Gasteiger partial charge in [0.1, 0.15) is 0 Å². The smallest absolute Gasteiger partial charge is 0.169 e. The number of benzene rings is 1. The molecule has 0 saturated carbocycles. The second-order valence-electron chi connectivity index (χ2n) is 4.12. The van der Waals surface area contributed by atoms with Crippen molar-refractivity contribution in [1.82, 2.24) is 5.32 Å². The number of methoxy groups -OCH3 is 2. The molecule has 0 radical (unpaired) electrons. The molecule has 17 heavy (non-hydrogen) atoms. The molecule has 3 nitrogen and oxygen atoms in total. The molecular formula is C13H20FNO2. The third-order valence-electron chi connectivity index (χ3n) is 2.52.